The van der Waals surface area contributed by atoms with Crippen molar-refractivity contribution in [3.63, 3.8) is 0 Å². The van der Waals surface area contributed by atoms with E-state index in [1.54, 1.807) is 0 Å². The molecule has 2 aromatic heterocycles. The van der Waals surface area contributed by atoms with Crippen LogP contribution in [0.1, 0.15) is 0 Å². The highest BCUT2D eigenvalue weighted by Gasteiger charge is 2.20. The largest absolute Gasteiger partial charge is 0.456 e. The zero-order valence-electron chi connectivity index (χ0n) is 33.6. The van der Waals surface area contributed by atoms with Gasteiger partial charge >= 0.3 is 0 Å². The quantitative estimate of drug-likeness (QED) is 0.146. The number of anilines is 3. The molecule has 0 bridgehead atoms. The maximum atomic E-state index is 6.72. The van der Waals surface area contributed by atoms with Crippen LogP contribution < -0.4 is 4.90 Å². The van der Waals surface area contributed by atoms with Crippen LogP contribution in [0.2, 0.25) is 0 Å². The second-order valence-electron chi connectivity index (χ2n) is 15.2. The first-order chi connectivity index (χ1) is 30.7. The molecule has 0 radical (unpaired) electrons. The molecule has 0 aliphatic heterocycles. The van der Waals surface area contributed by atoms with E-state index < -0.39 is 0 Å². The molecule has 0 unspecified atom stereocenters. The van der Waals surface area contributed by atoms with Gasteiger partial charge < -0.3 is 9.32 Å². The highest BCUT2D eigenvalue weighted by Crippen LogP contribution is 2.42. The van der Waals surface area contributed by atoms with Crippen molar-refractivity contribution in [1.29, 1.82) is 0 Å². The predicted octanol–water partition coefficient (Wildman–Crippen LogP) is 15.2. The molecule has 11 rings (SSSR count). The number of furan rings is 1. The van der Waals surface area contributed by atoms with Gasteiger partial charge in [0.05, 0.1) is 0 Å². The van der Waals surface area contributed by atoms with Crippen LogP contribution >= 0.6 is 0 Å². The van der Waals surface area contributed by atoms with Crippen molar-refractivity contribution >= 4 is 39.0 Å². The van der Waals surface area contributed by atoms with Crippen molar-refractivity contribution in [2.24, 2.45) is 0 Å². The second-order valence-corrected chi connectivity index (χ2v) is 15.2. The number of benzene rings is 9. The molecule has 9 aromatic carbocycles. The van der Waals surface area contributed by atoms with Gasteiger partial charge in [0.2, 0.25) is 0 Å². The van der Waals surface area contributed by atoms with Gasteiger partial charge in [0.25, 0.3) is 0 Å². The summed E-state index contributed by atoms with van der Waals surface area (Å²) in [5.74, 6) is 1.82. The lowest BCUT2D eigenvalue weighted by atomic mass is 9.94. The van der Waals surface area contributed by atoms with Crippen molar-refractivity contribution < 1.29 is 4.42 Å². The van der Waals surface area contributed by atoms with Crippen LogP contribution in [0, 0.1) is 0 Å². The molecule has 292 valence electrons. The van der Waals surface area contributed by atoms with Gasteiger partial charge in [0, 0.05) is 50.6 Å². The summed E-state index contributed by atoms with van der Waals surface area (Å²) in [5, 5.41) is 1.94. The monoisotopic (exact) mass is 794 g/mol. The lowest BCUT2D eigenvalue weighted by Crippen LogP contribution is -2.09. The van der Waals surface area contributed by atoms with E-state index in [9.17, 15) is 0 Å². The van der Waals surface area contributed by atoms with Gasteiger partial charge in [-0.05, 0) is 75.8 Å². The minimum absolute atomic E-state index is 0.587. The molecule has 62 heavy (non-hydrogen) atoms. The molecule has 5 heteroatoms. The number of aromatic nitrogens is 3. The van der Waals surface area contributed by atoms with Crippen LogP contribution in [0.5, 0.6) is 0 Å². The average Bonchev–Trinajstić information content (AvgIpc) is 3.74. The van der Waals surface area contributed by atoms with E-state index in [0.29, 0.717) is 17.5 Å². The lowest BCUT2D eigenvalue weighted by Gasteiger charge is -2.26. The molecule has 0 N–H and O–H groups in total. The summed E-state index contributed by atoms with van der Waals surface area (Å²) < 4.78 is 6.72. The molecule has 0 aliphatic carbocycles. The molecule has 0 saturated heterocycles. The third kappa shape index (κ3) is 6.97. The van der Waals surface area contributed by atoms with Crippen molar-refractivity contribution in [3.8, 4) is 67.5 Å². The average molecular weight is 795 g/mol. The normalized spacial score (nSPS) is 11.2. The number of hydrogen-bond donors (Lipinski definition) is 0. The summed E-state index contributed by atoms with van der Waals surface area (Å²) in [4.78, 5) is 17.4. The number of rotatable bonds is 9. The maximum absolute atomic E-state index is 6.72. The topological polar surface area (TPSA) is 55.1 Å². The van der Waals surface area contributed by atoms with Gasteiger partial charge in [-0.2, -0.15) is 0 Å². The Kier molecular flexibility index (Phi) is 9.45. The van der Waals surface area contributed by atoms with E-state index in [1.807, 2.05) is 78.9 Å². The van der Waals surface area contributed by atoms with E-state index in [0.717, 1.165) is 66.8 Å². The van der Waals surface area contributed by atoms with Crippen molar-refractivity contribution in [1.82, 2.24) is 15.0 Å². The molecule has 0 atom stereocenters. The zero-order chi connectivity index (χ0) is 41.2. The number of hydrogen-bond acceptors (Lipinski definition) is 5. The first-order valence-corrected chi connectivity index (χ1v) is 20.8. The summed E-state index contributed by atoms with van der Waals surface area (Å²) in [6.45, 7) is 0. The molecule has 5 nitrogen and oxygen atoms in total. The highest BCUT2D eigenvalue weighted by molar-refractivity contribution is 6.12. The Morgan fingerprint density at radius 3 is 1.27 bits per heavy atom. The van der Waals surface area contributed by atoms with Gasteiger partial charge in [-0.25, -0.2) is 15.0 Å². The van der Waals surface area contributed by atoms with Crippen molar-refractivity contribution in [3.05, 3.63) is 231 Å². The molecule has 0 fully saturated rings. The standard InChI is InChI=1S/C57H38N4O/c1-5-16-39(17-6-1)40-28-32-45(33-29-40)61(46-34-30-42(31-35-46)49-25-14-13-24-48(49)41-18-7-2-8-19-41)47-36-37-50-53(38-47)62-52-27-15-26-51(54(50)52)57-59-55(43-20-9-3-10-21-43)58-56(60-57)44-22-11-4-12-23-44/h1-38H. The Morgan fingerprint density at radius 2 is 0.710 bits per heavy atom. The molecule has 11 aromatic rings. The Morgan fingerprint density at radius 1 is 0.290 bits per heavy atom. The smallest absolute Gasteiger partial charge is 0.164 e. The summed E-state index contributed by atoms with van der Waals surface area (Å²) in [7, 11) is 0. The molecular weight excluding hydrogens is 757 g/mol. The Hall–Kier alpha value is -8.41. The van der Waals surface area contributed by atoms with Crippen molar-refractivity contribution in [2.75, 3.05) is 4.90 Å². The van der Waals surface area contributed by atoms with Crippen LogP contribution in [-0.4, -0.2) is 15.0 Å². The van der Waals surface area contributed by atoms with Crippen LogP contribution in [0.25, 0.3) is 89.5 Å². The third-order valence-corrected chi connectivity index (χ3v) is 11.4. The molecule has 0 aliphatic rings. The van der Waals surface area contributed by atoms with E-state index in [1.165, 1.54) is 22.3 Å². The van der Waals surface area contributed by atoms with Crippen molar-refractivity contribution in [2.45, 2.75) is 0 Å². The SMILES string of the molecule is c1ccc(-c2ccc(N(c3ccc(-c4ccccc4-c4ccccc4)cc3)c3ccc4c(c3)oc3cccc(-c5nc(-c6ccccc6)nc(-c6ccccc6)n5)c34)cc2)cc1. The second kappa shape index (κ2) is 16.0. The third-order valence-electron chi connectivity index (χ3n) is 11.4. The van der Waals surface area contributed by atoms with E-state index in [2.05, 4.69) is 157 Å². The molecule has 2 heterocycles. The van der Waals surface area contributed by atoms with Crippen LogP contribution in [0.4, 0.5) is 17.1 Å². The van der Waals surface area contributed by atoms with E-state index in [4.69, 9.17) is 19.4 Å². The Bertz CT molecular complexity index is 3260. The minimum atomic E-state index is 0.587. The predicted molar refractivity (Wildman–Crippen MR) is 254 cm³/mol. The fourth-order valence-electron chi connectivity index (χ4n) is 8.34. The van der Waals surface area contributed by atoms with E-state index in [-0.39, 0.29) is 0 Å². The highest BCUT2D eigenvalue weighted by atomic mass is 16.3. The Labute approximate surface area is 359 Å². The molecular formula is C57H38N4O. The van der Waals surface area contributed by atoms with Gasteiger partial charge in [0.1, 0.15) is 11.2 Å². The van der Waals surface area contributed by atoms with Crippen LogP contribution in [0.3, 0.4) is 0 Å². The summed E-state index contributed by atoms with van der Waals surface area (Å²) >= 11 is 0. The summed E-state index contributed by atoms with van der Waals surface area (Å²) in [6, 6.07) is 80.0. The zero-order valence-corrected chi connectivity index (χ0v) is 33.6. The molecule has 0 amide bonds. The first kappa shape index (κ1) is 36.7. The maximum Gasteiger partial charge on any atom is 0.164 e. The van der Waals surface area contributed by atoms with Gasteiger partial charge in [-0.3, -0.25) is 0 Å². The fourth-order valence-corrected chi connectivity index (χ4v) is 8.34. The lowest BCUT2D eigenvalue weighted by molar-refractivity contribution is 0.669. The van der Waals surface area contributed by atoms with Gasteiger partial charge in [-0.15, -0.1) is 0 Å². The summed E-state index contributed by atoms with van der Waals surface area (Å²) in [6.07, 6.45) is 0. The van der Waals surface area contributed by atoms with Gasteiger partial charge in [0.15, 0.2) is 17.5 Å². The summed E-state index contributed by atoms with van der Waals surface area (Å²) in [5.41, 5.74) is 14.4. The Balaban J connectivity index is 1.03. The van der Waals surface area contributed by atoms with Crippen LogP contribution in [-0.2, 0) is 0 Å². The molecule has 0 spiro atoms. The number of fused-ring (bicyclic) bond motifs is 3. The minimum Gasteiger partial charge on any atom is -0.456 e. The molecule has 0 saturated carbocycles. The number of nitrogens with zero attached hydrogens (tertiary/aromatic N) is 4. The van der Waals surface area contributed by atoms with Crippen LogP contribution in [0.15, 0.2) is 235 Å². The van der Waals surface area contributed by atoms with E-state index >= 15 is 0 Å². The first-order valence-electron chi connectivity index (χ1n) is 20.8. The fraction of sp³-hybridized carbons (Fsp3) is 0. The van der Waals surface area contributed by atoms with Gasteiger partial charge in [-0.1, -0.05) is 182 Å².